The molecule has 4 nitrogen and oxygen atoms in total. The van der Waals surface area contributed by atoms with Crippen LogP contribution in [-0.4, -0.2) is 20.5 Å². The van der Waals surface area contributed by atoms with Crippen molar-refractivity contribution in [1.82, 2.24) is 9.78 Å². The van der Waals surface area contributed by atoms with Gasteiger partial charge < -0.3 is 5.32 Å². The standard InChI is InChI=1S/C10H16BrN3O/c1-4-7(11)10(15)12-9-6-14(3)13-8(9)5-2/h6-7H,4-5H2,1-3H3,(H,12,15). The first-order valence-corrected chi connectivity index (χ1v) is 5.97. The number of carbonyl (C=O) groups excluding carboxylic acids is 1. The van der Waals surface area contributed by atoms with Gasteiger partial charge in [0.1, 0.15) is 0 Å². The van der Waals surface area contributed by atoms with E-state index in [9.17, 15) is 4.79 Å². The van der Waals surface area contributed by atoms with Crippen LogP contribution in [0.3, 0.4) is 0 Å². The molecule has 84 valence electrons. The van der Waals surface area contributed by atoms with E-state index in [1.54, 1.807) is 4.68 Å². The van der Waals surface area contributed by atoms with Gasteiger partial charge in [0.05, 0.1) is 16.2 Å². The van der Waals surface area contributed by atoms with Crippen LogP contribution >= 0.6 is 15.9 Å². The Kier molecular flexibility index (Phi) is 4.32. The van der Waals surface area contributed by atoms with Crippen molar-refractivity contribution in [1.29, 1.82) is 0 Å². The fourth-order valence-electron chi connectivity index (χ4n) is 1.30. The SMILES string of the molecule is CCc1nn(C)cc1NC(=O)C(Br)CC. The molecule has 1 amide bonds. The van der Waals surface area contributed by atoms with E-state index in [0.717, 1.165) is 24.2 Å². The minimum atomic E-state index is -0.137. The normalized spacial score (nSPS) is 12.5. The number of anilines is 1. The van der Waals surface area contributed by atoms with E-state index in [1.807, 2.05) is 27.1 Å². The highest BCUT2D eigenvalue weighted by Gasteiger charge is 2.15. The van der Waals surface area contributed by atoms with E-state index in [4.69, 9.17) is 0 Å². The Balaban J connectivity index is 2.75. The molecule has 0 bridgehead atoms. The number of aryl methyl sites for hydroxylation is 2. The maximum Gasteiger partial charge on any atom is 0.238 e. The summed E-state index contributed by atoms with van der Waals surface area (Å²) >= 11 is 3.31. The van der Waals surface area contributed by atoms with Gasteiger partial charge in [0.25, 0.3) is 0 Å². The van der Waals surface area contributed by atoms with Crippen LogP contribution in [0.4, 0.5) is 5.69 Å². The number of aromatic nitrogens is 2. The predicted molar refractivity (Wildman–Crippen MR) is 64.2 cm³/mol. The van der Waals surface area contributed by atoms with E-state index in [-0.39, 0.29) is 10.7 Å². The van der Waals surface area contributed by atoms with Gasteiger partial charge in [0, 0.05) is 13.2 Å². The Bertz CT molecular complexity index is 348. The first kappa shape index (κ1) is 12.2. The molecule has 0 saturated carbocycles. The molecular formula is C10H16BrN3O. The fourth-order valence-corrected chi connectivity index (χ4v) is 1.41. The summed E-state index contributed by atoms with van der Waals surface area (Å²) in [7, 11) is 1.85. The van der Waals surface area contributed by atoms with E-state index in [0.29, 0.717) is 0 Å². The molecule has 0 aliphatic heterocycles. The fraction of sp³-hybridized carbons (Fsp3) is 0.600. The molecule has 5 heteroatoms. The lowest BCUT2D eigenvalue weighted by atomic mass is 10.2. The summed E-state index contributed by atoms with van der Waals surface area (Å²) in [5.41, 5.74) is 1.73. The average molecular weight is 274 g/mol. The summed E-state index contributed by atoms with van der Waals surface area (Å²) < 4.78 is 1.71. The lowest BCUT2D eigenvalue weighted by Crippen LogP contribution is -2.22. The molecule has 0 fully saturated rings. The van der Waals surface area contributed by atoms with Gasteiger partial charge in [-0.1, -0.05) is 29.8 Å². The van der Waals surface area contributed by atoms with Crippen LogP contribution in [0, 0.1) is 0 Å². The van der Waals surface area contributed by atoms with Gasteiger partial charge in [-0.2, -0.15) is 5.10 Å². The summed E-state index contributed by atoms with van der Waals surface area (Å²) in [5, 5.41) is 7.12. The maximum atomic E-state index is 11.6. The molecular weight excluding hydrogens is 258 g/mol. The van der Waals surface area contributed by atoms with Gasteiger partial charge in [0.2, 0.25) is 5.91 Å². The molecule has 1 N–H and O–H groups in total. The second-order valence-corrected chi connectivity index (χ2v) is 4.49. The van der Waals surface area contributed by atoms with Crippen LogP contribution in [0.1, 0.15) is 26.0 Å². The van der Waals surface area contributed by atoms with E-state index >= 15 is 0 Å². The van der Waals surface area contributed by atoms with Gasteiger partial charge >= 0.3 is 0 Å². The molecule has 15 heavy (non-hydrogen) atoms. The zero-order valence-corrected chi connectivity index (χ0v) is 10.8. The summed E-state index contributed by atoms with van der Waals surface area (Å²) in [6.07, 6.45) is 3.41. The molecule has 0 spiro atoms. The minimum absolute atomic E-state index is 0.0137. The summed E-state index contributed by atoms with van der Waals surface area (Å²) in [6.45, 7) is 3.98. The van der Waals surface area contributed by atoms with Gasteiger partial charge in [-0.25, -0.2) is 0 Å². The van der Waals surface area contributed by atoms with Crippen LogP contribution in [0.25, 0.3) is 0 Å². The lowest BCUT2D eigenvalue weighted by Gasteiger charge is -2.07. The Morgan fingerprint density at radius 1 is 1.67 bits per heavy atom. The third kappa shape index (κ3) is 3.06. The van der Waals surface area contributed by atoms with Gasteiger partial charge in [0.15, 0.2) is 0 Å². The summed E-state index contributed by atoms with van der Waals surface area (Å²) in [4.78, 5) is 11.5. The summed E-state index contributed by atoms with van der Waals surface area (Å²) in [5.74, 6) is -0.0137. The predicted octanol–water partition coefficient (Wildman–Crippen LogP) is 2.09. The van der Waals surface area contributed by atoms with Crippen LogP contribution < -0.4 is 5.32 Å². The van der Waals surface area contributed by atoms with Crippen LogP contribution in [0.5, 0.6) is 0 Å². The lowest BCUT2D eigenvalue weighted by molar-refractivity contribution is -0.115. The van der Waals surface area contributed by atoms with E-state index < -0.39 is 0 Å². The molecule has 1 heterocycles. The minimum Gasteiger partial charge on any atom is -0.322 e. The molecule has 0 saturated heterocycles. The number of nitrogens with zero attached hydrogens (tertiary/aromatic N) is 2. The van der Waals surface area contributed by atoms with Crippen LogP contribution in [0.15, 0.2) is 6.20 Å². The first-order valence-electron chi connectivity index (χ1n) is 5.05. The van der Waals surface area contributed by atoms with Gasteiger partial charge in [-0.15, -0.1) is 0 Å². The second kappa shape index (κ2) is 5.30. The third-order valence-electron chi connectivity index (χ3n) is 2.14. The molecule has 1 aromatic heterocycles. The smallest absolute Gasteiger partial charge is 0.238 e. The Hall–Kier alpha value is -0.840. The van der Waals surface area contributed by atoms with Crippen molar-refractivity contribution in [3.8, 4) is 0 Å². The number of rotatable bonds is 4. The van der Waals surface area contributed by atoms with Crippen molar-refractivity contribution >= 4 is 27.5 Å². The van der Waals surface area contributed by atoms with Crippen molar-refractivity contribution in [2.24, 2.45) is 7.05 Å². The highest BCUT2D eigenvalue weighted by Crippen LogP contribution is 2.15. The van der Waals surface area contributed by atoms with Gasteiger partial charge in [-0.05, 0) is 12.8 Å². The number of alkyl halides is 1. The van der Waals surface area contributed by atoms with Crippen molar-refractivity contribution in [2.45, 2.75) is 31.5 Å². The first-order chi connectivity index (χ1) is 7.08. The molecule has 1 atom stereocenters. The number of amides is 1. The Morgan fingerprint density at radius 2 is 2.33 bits per heavy atom. The maximum absolute atomic E-state index is 11.6. The molecule has 0 radical (unpaired) electrons. The second-order valence-electron chi connectivity index (χ2n) is 3.38. The molecule has 1 rings (SSSR count). The number of carbonyl (C=O) groups is 1. The zero-order valence-electron chi connectivity index (χ0n) is 9.25. The Morgan fingerprint density at radius 3 is 2.87 bits per heavy atom. The number of hydrogen-bond donors (Lipinski definition) is 1. The highest BCUT2D eigenvalue weighted by atomic mass is 79.9. The molecule has 1 aromatic rings. The van der Waals surface area contributed by atoms with Crippen molar-refractivity contribution < 1.29 is 4.79 Å². The third-order valence-corrected chi connectivity index (χ3v) is 3.20. The topological polar surface area (TPSA) is 46.9 Å². The average Bonchev–Trinajstić information content (AvgIpc) is 2.57. The van der Waals surface area contributed by atoms with Gasteiger partial charge in [-0.3, -0.25) is 9.48 Å². The number of hydrogen-bond acceptors (Lipinski definition) is 2. The molecule has 0 aromatic carbocycles. The largest absolute Gasteiger partial charge is 0.322 e. The van der Waals surface area contributed by atoms with Crippen LogP contribution in [0.2, 0.25) is 0 Å². The quantitative estimate of drug-likeness (QED) is 0.855. The van der Waals surface area contributed by atoms with Crippen molar-refractivity contribution in [3.63, 3.8) is 0 Å². The summed E-state index contributed by atoms with van der Waals surface area (Å²) in [6, 6.07) is 0. The monoisotopic (exact) mass is 273 g/mol. The Labute approximate surface area is 98.2 Å². The highest BCUT2D eigenvalue weighted by molar-refractivity contribution is 9.10. The number of halogens is 1. The van der Waals surface area contributed by atoms with E-state index in [2.05, 4.69) is 26.3 Å². The van der Waals surface area contributed by atoms with Crippen molar-refractivity contribution in [2.75, 3.05) is 5.32 Å². The molecule has 1 unspecified atom stereocenters. The van der Waals surface area contributed by atoms with Crippen molar-refractivity contribution in [3.05, 3.63) is 11.9 Å². The number of nitrogens with one attached hydrogen (secondary N) is 1. The zero-order chi connectivity index (χ0) is 11.4. The molecule has 0 aliphatic rings. The molecule has 0 aliphatic carbocycles. The van der Waals surface area contributed by atoms with Crippen LogP contribution in [-0.2, 0) is 18.3 Å². The van der Waals surface area contributed by atoms with E-state index in [1.165, 1.54) is 0 Å².